The van der Waals surface area contributed by atoms with Gasteiger partial charge in [-0.1, -0.05) is 25.4 Å². The third-order valence-electron chi connectivity index (χ3n) is 2.65. The SMILES string of the molecule is Cc1c(C(F)(F)F)nc2cc(C(C)C)nn2c1Cl. The molecule has 0 spiro atoms. The molecule has 0 unspecified atom stereocenters. The molecule has 0 saturated heterocycles. The van der Waals surface area contributed by atoms with E-state index in [2.05, 4.69) is 10.1 Å². The van der Waals surface area contributed by atoms with Crippen molar-refractivity contribution in [2.75, 3.05) is 0 Å². The Kier molecular flexibility index (Phi) is 3.01. The molecule has 2 rings (SSSR count). The second kappa shape index (κ2) is 4.12. The highest BCUT2D eigenvalue weighted by molar-refractivity contribution is 6.30. The number of rotatable bonds is 1. The maximum atomic E-state index is 12.8. The molecule has 0 bridgehead atoms. The summed E-state index contributed by atoms with van der Waals surface area (Å²) in [4.78, 5) is 3.60. The van der Waals surface area contributed by atoms with E-state index in [9.17, 15) is 13.2 Å². The standard InChI is InChI=1S/C11H11ClF3N3/c1-5(2)7-4-8-16-9(11(13,14)15)6(3)10(12)18(8)17-7/h4-5H,1-3H3. The van der Waals surface area contributed by atoms with Crippen molar-refractivity contribution in [3.8, 4) is 0 Å². The Morgan fingerprint density at radius 2 is 1.94 bits per heavy atom. The third-order valence-corrected chi connectivity index (χ3v) is 3.09. The monoisotopic (exact) mass is 277 g/mol. The molecular formula is C11H11ClF3N3. The molecule has 0 saturated carbocycles. The van der Waals surface area contributed by atoms with Crippen LogP contribution in [0.3, 0.4) is 0 Å². The van der Waals surface area contributed by atoms with Crippen molar-refractivity contribution in [3.63, 3.8) is 0 Å². The first-order valence-electron chi connectivity index (χ1n) is 5.34. The lowest BCUT2D eigenvalue weighted by Gasteiger charge is -2.10. The van der Waals surface area contributed by atoms with Crippen molar-refractivity contribution in [3.05, 3.63) is 28.2 Å². The smallest absolute Gasteiger partial charge is 0.224 e. The van der Waals surface area contributed by atoms with Gasteiger partial charge < -0.3 is 0 Å². The fourth-order valence-corrected chi connectivity index (χ4v) is 1.84. The van der Waals surface area contributed by atoms with Gasteiger partial charge in [-0.2, -0.15) is 18.3 Å². The fourth-order valence-electron chi connectivity index (χ4n) is 1.63. The van der Waals surface area contributed by atoms with Crippen LogP contribution in [0.2, 0.25) is 5.15 Å². The first-order valence-corrected chi connectivity index (χ1v) is 5.72. The van der Waals surface area contributed by atoms with E-state index in [1.807, 2.05) is 13.8 Å². The molecule has 0 aromatic carbocycles. The highest BCUT2D eigenvalue weighted by Gasteiger charge is 2.36. The Hall–Kier alpha value is -1.30. The van der Waals surface area contributed by atoms with E-state index in [0.717, 1.165) is 0 Å². The molecule has 0 N–H and O–H groups in total. The molecule has 2 heterocycles. The van der Waals surface area contributed by atoms with Crippen molar-refractivity contribution >= 4 is 17.2 Å². The van der Waals surface area contributed by atoms with E-state index in [1.165, 1.54) is 17.5 Å². The zero-order valence-electron chi connectivity index (χ0n) is 10.0. The topological polar surface area (TPSA) is 30.2 Å². The van der Waals surface area contributed by atoms with Crippen LogP contribution in [0, 0.1) is 6.92 Å². The maximum absolute atomic E-state index is 12.8. The zero-order valence-corrected chi connectivity index (χ0v) is 10.8. The van der Waals surface area contributed by atoms with Crippen LogP contribution < -0.4 is 0 Å². The summed E-state index contributed by atoms with van der Waals surface area (Å²) in [5, 5.41) is 4.09. The van der Waals surface area contributed by atoms with Crippen LogP contribution in [0.1, 0.15) is 36.7 Å². The Morgan fingerprint density at radius 3 is 2.44 bits per heavy atom. The molecule has 0 atom stereocenters. The van der Waals surface area contributed by atoms with Gasteiger partial charge in [-0.15, -0.1) is 0 Å². The van der Waals surface area contributed by atoms with Gasteiger partial charge >= 0.3 is 6.18 Å². The Bertz CT molecular complexity index is 602. The van der Waals surface area contributed by atoms with Gasteiger partial charge in [0.25, 0.3) is 0 Å². The number of hydrogen-bond acceptors (Lipinski definition) is 2. The first kappa shape index (κ1) is 13.1. The predicted octanol–water partition coefficient (Wildman–Crippen LogP) is 3.83. The predicted molar refractivity (Wildman–Crippen MR) is 61.8 cm³/mol. The lowest BCUT2D eigenvalue weighted by molar-refractivity contribution is -0.141. The van der Waals surface area contributed by atoms with Gasteiger partial charge in [-0.3, -0.25) is 0 Å². The van der Waals surface area contributed by atoms with E-state index in [0.29, 0.717) is 5.69 Å². The molecule has 2 aromatic heterocycles. The van der Waals surface area contributed by atoms with Crippen molar-refractivity contribution in [2.45, 2.75) is 32.9 Å². The summed E-state index contributed by atoms with van der Waals surface area (Å²) >= 11 is 5.92. The molecule has 98 valence electrons. The van der Waals surface area contributed by atoms with Crippen LogP contribution in [0.5, 0.6) is 0 Å². The molecule has 18 heavy (non-hydrogen) atoms. The molecule has 0 radical (unpaired) electrons. The first-order chi connectivity index (χ1) is 8.21. The zero-order chi connectivity index (χ0) is 13.7. The van der Waals surface area contributed by atoms with Crippen molar-refractivity contribution in [1.29, 1.82) is 0 Å². The van der Waals surface area contributed by atoms with Gasteiger partial charge in [0.2, 0.25) is 0 Å². The van der Waals surface area contributed by atoms with Crippen molar-refractivity contribution in [2.24, 2.45) is 0 Å². The quantitative estimate of drug-likeness (QED) is 0.742. The molecule has 2 aromatic rings. The van der Waals surface area contributed by atoms with Gasteiger partial charge in [-0.25, -0.2) is 9.50 Å². The van der Waals surface area contributed by atoms with E-state index in [4.69, 9.17) is 11.6 Å². The van der Waals surface area contributed by atoms with Crippen LogP contribution in [0.4, 0.5) is 13.2 Å². The molecular weight excluding hydrogens is 267 g/mol. The number of alkyl halides is 3. The Labute approximate surface area is 107 Å². The van der Waals surface area contributed by atoms with Crippen LogP contribution >= 0.6 is 11.6 Å². The number of fused-ring (bicyclic) bond motifs is 1. The lowest BCUT2D eigenvalue weighted by Crippen LogP contribution is -2.13. The van der Waals surface area contributed by atoms with Crippen molar-refractivity contribution in [1.82, 2.24) is 14.6 Å². The normalized spacial score (nSPS) is 12.7. The van der Waals surface area contributed by atoms with E-state index < -0.39 is 11.9 Å². The summed E-state index contributed by atoms with van der Waals surface area (Å²) in [5.41, 5.74) is -0.310. The summed E-state index contributed by atoms with van der Waals surface area (Å²) in [5.74, 6) is 0.0948. The fraction of sp³-hybridized carbons (Fsp3) is 0.455. The minimum atomic E-state index is -4.52. The van der Waals surface area contributed by atoms with Gasteiger partial charge in [0.15, 0.2) is 11.3 Å². The molecule has 0 aliphatic rings. The Morgan fingerprint density at radius 1 is 1.33 bits per heavy atom. The minimum absolute atomic E-state index is 0.0563. The summed E-state index contributed by atoms with van der Waals surface area (Å²) in [7, 11) is 0. The van der Waals surface area contributed by atoms with E-state index in [1.54, 1.807) is 0 Å². The van der Waals surface area contributed by atoms with Crippen LogP contribution in [-0.2, 0) is 6.18 Å². The second-order valence-electron chi connectivity index (χ2n) is 4.37. The van der Waals surface area contributed by atoms with Crippen LogP contribution in [0.15, 0.2) is 6.07 Å². The van der Waals surface area contributed by atoms with Gasteiger partial charge in [0, 0.05) is 11.6 Å². The molecule has 7 heteroatoms. The molecule has 3 nitrogen and oxygen atoms in total. The average molecular weight is 278 g/mol. The molecule has 0 fully saturated rings. The second-order valence-corrected chi connectivity index (χ2v) is 4.73. The third kappa shape index (κ3) is 2.05. The lowest BCUT2D eigenvalue weighted by atomic mass is 10.1. The summed E-state index contributed by atoms with van der Waals surface area (Å²) in [6.07, 6.45) is -4.52. The maximum Gasteiger partial charge on any atom is 0.433 e. The van der Waals surface area contributed by atoms with E-state index >= 15 is 0 Å². The van der Waals surface area contributed by atoms with Gasteiger partial charge in [0.1, 0.15) is 5.15 Å². The molecule has 0 aliphatic heterocycles. The molecule has 0 aliphatic carbocycles. The van der Waals surface area contributed by atoms with Crippen molar-refractivity contribution < 1.29 is 13.2 Å². The highest BCUT2D eigenvalue weighted by Crippen LogP contribution is 2.33. The van der Waals surface area contributed by atoms with Crippen LogP contribution in [-0.4, -0.2) is 14.6 Å². The minimum Gasteiger partial charge on any atom is -0.224 e. The van der Waals surface area contributed by atoms with Gasteiger partial charge in [-0.05, 0) is 12.8 Å². The summed E-state index contributed by atoms with van der Waals surface area (Å²) < 4.78 is 39.6. The number of halogens is 4. The van der Waals surface area contributed by atoms with Crippen LogP contribution in [0.25, 0.3) is 5.65 Å². The number of nitrogens with zero attached hydrogens (tertiary/aromatic N) is 3. The largest absolute Gasteiger partial charge is 0.433 e. The average Bonchev–Trinajstić information content (AvgIpc) is 2.65. The number of aromatic nitrogens is 3. The summed E-state index contributed by atoms with van der Waals surface area (Å²) in [6.45, 7) is 5.08. The summed E-state index contributed by atoms with van der Waals surface area (Å²) in [6, 6.07) is 1.52. The highest BCUT2D eigenvalue weighted by atomic mass is 35.5. The van der Waals surface area contributed by atoms with Gasteiger partial charge in [0.05, 0.1) is 5.69 Å². The van der Waals surface area contributed by atoms with E-state index in [-0.39, 0.29) is 22.3 Å². The number of hydrogen-bond donors (Lipinski definition) is 0. The Balaban J connectivity index is 2.76. The molecule has 0 amide bonds.